The van der Waals surface area contributed by atoms with Gasteiger partial charge in [-0.15, -0.1) is 0 Å². The first kappa shape index (κ1) is 24.3. The Balaban J connectivity index is 1.51. The third-order valence-corrected chi connectivity index (χ3v) is 5.05. The number of esters is 1. The van der Waals surface area contributed by atoms with E-state index < -0.39 is 5.97 Å². The monoisotopic (exact) mass is 484 g/mol. The lowest BCUT2D eigenvalue weighted by Gasteiger charge is -2.06. The number of hydrazone groups is 1. The van der Waals surface area contributed by atoms with Crippen LogP contribution in [0, 0.1) is 0 Å². The molecule has 8 heteroatoms. The van der Waals surface area contributed by atoms with Crippen molar-refractivity contribution >= 4 is 41.3 Å². The molecule has 0 unspecified atom stereocenters. The molecule has 0 saturated heterocycles. The Morgan fingerprint density at radius 2 is 1.67 bits per heavy atom. The van der Waals surface area contributed by atoms with Gasteiger partial charge in [-0.1, -0.05) is 36.5 Å². The van der Waals surface area contributed by atoms with E-state index in [0.29, 0.717) is 28.5 Å². The van der Waals surface area contributed by atoms with Crippen LogP contribution in [-0.2, 0) is 0 Å². The fourth-order valence-corrected chi connectivity index (χ4v) is 3.19. The molecule has 0 aliphatic heterocycles. The lowest BCUT2D eigenvalue weighted by molar-refractivity contribution is 0.0734. The summed E-state index contributed by atoms with van der Waals surface area (Å²) in [6, 6.07) is 18.0. The maximum Gasteiger partial charge on any atom is 0.345 e. The third-order valence-electron chi connectivity index (χ3n) is 4.50. The van der Waals surface area contributed by atoms with Crippen molar-refractivity contribution in [2.24, 2.45) is 5.10 Å². The van der Waals surface area contributed by atoms with Crippen LogP contribution in [0.5, 0.6) is 11.5 Å². The van der Waals surface area contributed by atoms with Crippen molar-refractivity contribution in [3.8, 4) is 11.5 Å². The van der Waals surface area contributed by atoms with Crippen molar-refractivity contribution in [1.82, 2.24) is 5.43 Å². The van der Waals surface area contributed by atoms with E-state index in [4.69, 9.17) is 32.7 Å². The fourth-order valence-electron chi connectivity index (χ4n) is 2.71. The molecule has 0 aliphatic carbocycles. The molecule has 33 heavy (non-hydrogen) atoms. The Morgan fingerprint density at radius 3 is 2.33 bits per heavy atom. The zero-order valence-electron chi connectivity index (χ0n) is 17.9. The molecule has 3 aromatic rings. The van der Waals surface area contributed by atoms with Crippen LogP contribution in [-0.4, -0.2) is 24.7 Å². The standard InChI is InChI=1S/C25H22Cl2N2O4/c1-2-3-14-32-20-11-6-18(7-12-20)24(30)29-28-16-17-4-9-21(10-5-17)33-25(31)22-13-8-19(26)15-23(22)27/h4-13,15-16H,2-3,14H2,1H3,(H,29,30)/b28-16+. The minimum Gasteiger partial charge on any atom is -0.494 e. The summed E-state index contributed by atoms with van der Waals surface area (Å²) >= 11 is 11.9. The topological polar surface area (TPSA) is 77.0 Å². The van der Waals surface area contributed by atoms with Gasteiger partial charge in [0.1, 0.15) is 11.5 Å². The van der Waals surface area contributed by atoms with Crippen molar-refractivity contribution in [2.45, 2.75) is 19.8 Å². The van der Waals surface area contributed by atoms with E-state index in [1.807, 2.05) is 0 Å². The average Bonchev–Trinajstić information content (AvgIpc) is 2.80. The van der Waals surface area contributed by atoms with Gasteiger partial charge in [0.05, 0.1) is 23.4 Å². The largest absolute Gasteiger partial charge is 0.494 e. The number of carbonyl (C=O) groups excluding carboxylic acids is 2. The average molecular weight is 485 g/mol. The van der Waals surface area contributed by atoms with E-state index in [9.17, 15) is 9.59 Å². The predicted octanol–water partition coefficient (Wildman–Crippen LogP) is 6.16. The van der Waals surface area contributed by atoms with Crippen molar-refractivity contribution < 1.29 is 19.1 Å². The number of amides is 1. The van der Waals surface area contributed by atoms with Crippen LogP contribution in [0.1, 0.15) is 46.0 Å². The number of rotatable bonds is 9. The summed E-state index contributed by atoms with van der Waals surface area (Å²) in [5.74, 6) is 0.139. The summed E-state index contributed by atoms with van der Waals surface area (Å²) in [5, 5.41) is 4.61. The first-order valence-corrected chi connectivity index (χ1v) is 11.1. The van der Waals surface area contributed by atoms with Crippen LogP contribution in [0.25, 0.3) is 0 Å². The zero-order chi connectivity index (χ0) is 23.6. The van der Waals surface area contributed by atoms with Crippen molar-refractivity contribution in [3.63, 3.8) is 0 Å². The zero-order valence-corrected chi connectivity index (χ0v) is 19.4. The molecule has 3 aromatic carbocycles. The molecule has 0 fully saturated rings. The van der Waals surface area contributed by atoms with Gasteiger partial charge in [0.15, 0.2) is 0 Å². The van der Waals surface area contributed by atoms with E-state index >= 15 is 0 Å². The number of nitrogens with zero attached hydrogens (tertiary/aromatic N) is 1. The summed E-state index contributed by atoms with van der Waals surface area (Å²) in [4.78, 5) is 24.5. The van der Waals surface area contributed by atoms with E-state index in [-0.39, 0.29) is 16.5 Å². The lowest BCUT2D eigenvalue weighted by Crippen LogP contribution is -2.17. The molecule has 1 amide bonds. The summed E-state index contributed by atoms with van der Waals surface area (Å²) in [6.45, 7) is 2.75. The predicted molar refractivity (Wildman–Crippen MR) is 130 cm³/mol. The van der Waals surface area contributed by atoms with Gasteiger partial charge in [-0.05, 0) is 78.7 Å². The van der Waals surface area contributed by atoms with E-state index in [0.717, 1.165) is 18.6 Å². The third kappa shape index (κ3) is 7.34. The minimum atomic E-state index is -0.591. The van der Waals surface area contributed by atoms with Crippen LogP contribution >= 0.6 is 23.2 Å². The molecular weight excluding hydrogens is 463 g/mol. The SMILES string of the molecule is CCCCOc1ccc(C(=O)N/N=C/c2ccc(OC(=O)c3ccc(Cl)cc3Cl)cc2)cc1. The quantitative estimate of drug-likeness (QED) is 0.130. The first-order chi connectivity index (χ1) is 16.0. The minimum absolute atomic E-state index is 0.214. The summed E-state index contributed by atoms with van der Waals surface area (Å²) in [5.41, 5.74) is 3.87. The van der Waals surface area contributed by atoms with Gasteiger partial charge in [0, 0.05) is 10.6 Å². The molecule has 0 saturated carbocycles. The fraction of sp³-hybridized carbons (Fsp3) is 0.160. The highest BCUT2D eigenvalue weighted by atomic mass is 35.5. The highest BCUT2D eigenvalue weighted by molar-refractivity contribution is 6.36. The van der Waals surface area contributed by atoms with Gasteiger partial charge in [0.2, 0.25) is 0 Å². The van der Waals surface area contributed by atoms with Crippen LogP contribution in [0.3, 0.4) is 0 Å². The van der Waals surface area contributed by atoms with Crippen LogP contribution in [0.2, 0.25) is 10.0 Å². The highest BCUT2D eigenvalue weighted by Crippen LogP contribution is 2.23. The van der Waals surface area contributed by atoms with Gasteiger partial charge < -0.3 is 9.47 Å². The molecule has 3 rings (SSSR count). The molecule has 0 bridgehead atoms. The van der Waals surface area contributed by atoms with Crippen LogP contribution < -0.4 is 14.9 Å². The maximum absolute atomic E-state index is 12.3. The number of benzene rings is 3. The molecule has 170 valence electrons. The number of hydrogen-bond donors (Lipinski definition) is 1. The van der Waals surface area contributed by atoms with Gasteiger partial charge in [-0.25, -0.2) is 10.2 Å². The molecule has 0 heterocycles. The molecule has 0 atom stereocenters. The Hall–Kier alpha value is -3.35. The summed E-state index contributed by atoms with van der Waals surface area (Å²) in [7, 11) is 0. The number of carbonyl (C=O) groups is 2. The second kappa shape index (κ2) is 12.0. The molecule has 1 N–H and O–H groups in total. The van der Waals surface area contributed by atoms with Gasteiger partial charge in [-0.3, -0.25) is 4.79 Å². The Labute approximate surface area is 202 Å². The molecular formula is C25H22Cl2N2O4. The van der Waals surface area contributed by atoms with E-state index in [2.05, 4.69) is 17.5 Å². The number of hydrogen-bond acceptors (Lipinski definition) is 5. The normalized spacial score (nSPS) is 10.8. The summed E-state index contributed by atoms with van der Waals surface area (Å²) in [6.07, 6.45) is 3.53. The lowest BCUT2D eigenvalue weighted by atomic mass is 10.2. The number of halogens is 2. The second-order valence-corrected chi connectivity index (χ2v) is 7.85. The van der Waals surface area contributed by atoms with Crippen molar-refractivity contribution in [3.05, 3.63) is 93.5 Å². The van der Waals surface area contributed by atoms with Crippen LogP contribution in [0.15, 0.2) is 71.8 Å². The number of unbranched alkanes of at least 4 members (excludes halogenated alkanes) is 1. The van der Waals surface area contributed by atoms with Crippen molar-refractivity contribution in [2.75, 3.05) is 6.61 Å². The molecule has 0 spiro atoms. The second-order valence-electron chi connectivity index (χ2n) is 7.01. The maximum atomic E-state index is 12.3. The van der Waals surface area contributed by atoms with Crippen LogP contribution in [0.4, 0.5) is 0 Å². The summed E-state index contributed by atoms with van der Waals surface area (Å²) < 4.78 is 10.9. The molecule has 0 aliphatic rings. The van der Waals surface area contributed by atoms with Crippen molar-refractivity contribution in [1.29, 1.82) is 0 Å². The Morgan fingerprint density at radius 1 is 0.970 bits per heavy atom. The highest BCUT2D eigenvalue weighted by Gasteiger charge is 2.13. The number of ether oxygens (including phenoxy) is 2. The smallest absolute Gasteiger partial charge is 0.345 e. The van der Waals surface area contributed by atoms with Gasteiger partial charge in [-0.2, -0.15) is 5.10 Å². The van der Waals surface area contributed by atoms with E-state index in [1.54, 1.807) is 54.6 Å². The van der Waals surface area contributed by atoms with Gasteiger partial charge >= 0.3 is 5.97 Å². The molecule has 0 aromatic heterocycles. The molecule has 0 radical (unpaired) electrons. The first-order valence-electron chi connectivity index (χ1n) is 10.3. The van der Waals surface area contributed by atoms with E-state index in [1.165, 1.54) is 18.3 Å². The van der Waals surface area contributed by atoms with Gasteiger partial charge in [0.25, 0.3) is 5.91 Å². The molecule has 6 nitrogen and oxygen atoms in total. The number of nitrogens with one attached hydrogen (secondary N) is 1. The Bertz CT molecular complexity index is 1130. The Kier molecular flexibility index (Phi) is 8.87.